The minimum absolute atomic E-state index is 0.171. The lowest BCUT2D eigenvalue weighted by Crippen LogP contribution is -1.68. The van der Waals surface area contributed by atoms with Crippen LogP contribution in [0.4, 0.5) is 0 Å². The maximum Gasteiger partial charge on any atom is 0.0886 e. The van der Waals surface area contributed by atoms with Crippen LogP contribution in [0, 0.1) is 5.41 Å². The summed E-state index contributed by atoms with van der Waals surface area (Å²) in [5, 5.41) is 6.18. The number of nitrogens with one attached hydrogen (secondary N) is 2. The van der Waals surface area contributed by atoms with Gasteiger partial charge >= 0.3 is 0 Å². The van der Waals surface area contributed by atoms with Gasteiger partial charge < -0.3 is 0 Å². The van der Waals surface area contributed by atoms with E-state index in [1.54, 1.807) is 0 Å². The summed E-state index contributed by atoms with van der Waals surface area (Å²) in [7, 11) is 0. The normalized spacial score (nSPS) is 5.80. The second-order valence-electron chi connectivity index (χ2n) is 0.750. The molecule has 0 aliphatic rings. The Morgan fingerprint density at radius 1 is 1.80 bits per heavy atom. The summed E-state index contributed by atoms with van der Waals surface area (Å²) in [5.41, 5.74) is 6.62. The molecule has 0 aromatic carbocycles. The largest absolute Gasteiger partial charge is 0.296 e. The smallest absolute Gasteiger partial charge is 0.0886 e. The Balaban J connectivity index is 3.60. The summed E-state index contributed by atoms with van der Waals surface area (Å²) < 4.78 is 0. The Morgan fingerprint density at radius 2 is 2.00 bits per heavy atom. The summed E-state index contributed by atoms with van der Waals surface area (Å²) >= 11 is 0. The van der Waals surface area contributed by atoms with E-state index in [9.17, 15) is 0 Å². The molecule has 0 aromatic heterocycles. The SMILES string of the molecule is CC([NH])=C=N. The van der Waals surface area contributed by atoms with Crippen LogP contribution in [0.5, 0.6) is 0 Å². The Hall–Kier alpha value is -0.750. The van der Waals surface area contributed by atoms with Crippen LogP contribution >= 0.6 is 0 Å². The van der Waals surface area contributed by atoms with Crippen LogP contribution in [0.15, 0.2) is 5.70 Å². The number of rotatable bonds is 0. The fraction of sp³-hybridized carbons (Fsp3) is 0.333. The van der Waals surface area contributed by atoms with Crippen molar-refractivity contribution in [3.05, 3.63) is 5.70 Å². The number of hydrogen-bond donors (Lipinski definition) is 1. The molecule has 0 aliphatic carbocycles. The molecule has 0 saturated carbocycles. The van der Waals surface area contributed by atoms with E-state index in [0.29, 0.717) is 0 Å². The van der Waals surface area contributed by atoms with Gasteiger partial charge in [-0.15, -0.1) is 0 Å². The zero-order chi connectivity index (χ0) is 4.28. The van der Waals surface area contributed by atoms with Crippen LogP contribution in [0.3, 0.4) is 0 Å². The average molecular weight is 69.1 g/mol. The molecule has 1 radical (unpaired) electrons. The second-order valence-corrected chi connectivity index (χ2v) is 0.750. The minimum Gasteiger partial charge on any atom is -0.296 e. The lowest BCUT2D eigenvalue weighted by molar-refractivity contribution is 1.30. The molecule has 0 bridgehead atoms. The second kappa shape index (κ2) is 1.56. The van der Waals surface area contributed by atoms with E-state index in [-0.39, 0.29) is 5.70 Å². The van der Waals surface area contributed by atoms with Gasteiger partial charge in [0, 0.05) is 5.87 Å². The first-order valence-electron chi connectivity index (χ1n) is 1.25. The van der Waals surface area contributed by atoms with Gasteiger partial charge in [-0.05, 0) is 6.92 Å². The van der Waals surface area contributed by atoms with Crippen LogP contribution in [-0.4, -0.2) is 5.87 Å². The fourth-order valence-corrected chi connectivity index (χ4v) is 0. The molecule has 2 heteroatoms. The van der Waals surface area contributed by atoms with E-state index < -0.39 is 0 Å². The Morgan fingerprint density at radius 3 is 2.00 bits per heavy atom. The zero-order valence-electron chi connectivity index (χ0n) is 3.00. The third-order valence-corrected chi connectivity index (χ3v) is 0.188. The van der Waals surface area contributed by atoms with Gasteiger partial charge in [0.1, 0.15) is 0 Å². The molecule has 27 valence electrons. The summed E-state index contributed by atoms with van der Waals surface area (Å²) in [6.45, 7) is 1.51. The van der Waals surface area contributed by atoms with Crippen LogP contribution in [0.25, 0.3) is 0 Å². The fourth-order valence-electron chi connectivity index (χ4n) is 0. The molecular formula is C3H5N2. The Labute approximate surface area is 30.8 Å². The molecule has 0 spiro atoms. The minimum atomic E-state index is 0.171. The first-order chi connectivity index (χ1) is 2.27. The highest BCUT2D eigenvalue weighted by molar-refractivity contribution is 5.51. The predicted molar refractivity (Wildman–Crippen MR) is 20.0 cm³/mol. The van der Waals surface area contributed by atoms with Gasteiger partial charge in [0.2, 0.25) is 0 Å². The van der Waals surface area contributed by atoms with E-state index in [1.807, 2.05) is 5.87 Å². The summed E-state index contributed by atoms with van der Waals surface area (Å²) in [4.78, 5) is 0. The van der Waals surface area contributed by atoms with Gasteiger partial charge in [0.05, 0.1) is 5.70 Å². The maximum atomic E-state index is 6.44. The third kappa shape index (κ3) is 3.25. The van der Waals surface area contributed by atoms with E-state index in [1.165, 1.54) is 6.92 Å². The highest BCUT2D eigenvalue weighted by atomic mass is 14.6. The van der Waals surface area contributed by atoms with Gasteiger partial charge in [-0.2, -0.15) is 0 Å². The van der Waals surface area contributed by atoms with Crippen LogP contribution in [0.1, 0.15) is 6.92 Å². The molecule has 5 heavy (non-hydrogen) atoms. The summed E-state index contributed by atoms with van der Waals surface area (Å²) in [5.74, 6) is 1.86. The van der Waals surface area contributed by atoms with Crippen molar-refractivity contribution >= 4 is 5.87 Å². The molecule has 0 saturated heterocycles. The lowest BCUT2D eigenvalue weighted by Gasteiger charge is -1.65. The molecule has 0 fully saturated rings. The van der Waals surface area contributed by atoms with Crippen molar-refractivity contribution in [2.45, 2.75) is 6.92 Å². The van der Waals surface area contributed by atoms with Crippen molar-refractivity contribution in [3.8, 4) is 0 Å². The molecule has 0 heterocycles. The lowest BCUT2D eigenvalue weighted by atomic mass is 10.6. The summed E-state index contributed by atoms with van der Waals surface area (Å²) in [6.07, 6.45) is 0. The Kier molecular flexibility index (Phi) is 1.32. The zero-order valence-corrected chi connectivity index (χ0v) is 3.00. The van der Waals surface area contributed by atoms with Crippen molar-refractivity contribution in [1.82, 2.24) is 5.73 Å². The average Bonchev–Trinajstić information content (AvgIpc) is 1.38. The monoisotopic (exact) mass is 69.0 g/mol. The highest BCUT2D eigenvalue weighted by Crippen LogP contribution is 1.62. The van der Waals surface area contributed by atoms with Crippen molar-refractivity contribution < 1.29 is 0 Å². The van der Waals surface area contributed by atoms with Gasteiger partial charge in [-0.3, -0.25) is 11.1 Å². The van der Waals surface area contributed by atoms with E-state index in [4.69, 9.17) is 11.1 Å². The van der Waals surface area contributed by atoms with Crippen LogP contribution in [0.2, 0.25) is 0 Å². The van der Waals surface area contributed by atoms with Gasteiger partial charge in [-0.25, -0.2) is 0 Å². The highest BCUT2D eigenvalue weighted by Gasteiger charge is 1.61. The molecule has 0 rings (SSSR count). The van der Waals surface area contributed by atoms with Crippen molar-refractivity contribution in [2.24, 2.45) is 0 Å². The van der Waals surface area contributed by atoms with Gasteiger partial charge in [0.15, 0.2) is 0 Å². The van der Waals surface area contributed by atoms with E-state index in [0.717, 1.165) is 0 Å². The molecule has 0 amide bonds. The molecule has 0 unspecified atom stereocenters. The van der Waals surface area contributed by atoms with Crippen LogP contribution in [-0.2, 0) is 0 Å². The molecule has 2 nitrogen and oxygen atoms in total. The third-order valence-electron chi connectivity index (χ3n) is 0.188. The first kappa shape index (κ1) is 4.25. The number of allylic oxidation sites excluding steroid dienone is 1. The molecule has 2 N–H and O–H groups in total. The van der Waals surface area contributed by atoms with E-state index in [2.05, 4.69) is 0 Å². The van der Waals surface area contributed by atoms with E-state index >= 15 is 0 Å². The van der Waals surface area contributed by atoms with Crippen molar-refractivity contribution in [1.29, 1.82) is 5.41 Å². The molecule has 0 aliphatic heterocycles. The van der Waals surface area contributed by atoms with Crippen LogP contribution < -0.4 is 5.73 Å². The van der Waals surface area contributed by atoms with Gasteiger partial charge in [-0.1, -0.05) is 0 Å². The Bertz CT molecular complexity index is 65.0. The topological polar surface area (TPSA) is 47.7 Å². The first-order valence-corrected chi connectivity index (χ1v) is 1.25. The molecule has 0 aromatic rings. The van der Waals surface area contributed by atoms with Crippen molar-refractivity contribution in [2.75, 3.05) is 0 Å². The van der Waals surface area contributed by atoms with Crippen molar-refractivity contribution in [3.63, 3.8) is 0 Å². The predicted octanol–water partition coefficient (Wildman–Crippen LogP) is 0.422. The maximum absolute atomic E-state index is 6.44. The standard InChI is InChI=1S/C3H5N2/c1-3(5)2-4/h4-5H,1H3. The number of hydrogen-bond acceptors (Lipinski definition) is 1. The summed E-state index contributed by atoms with van der Waals surface area (Å²) in [6, 6.07) is 0. The molecular weight excluding hydrogens is 64.0 g/mol. The van der Waals surface area contributed by atoms with Gasteiger partial charge in [0.25, 0.3) is 0 Å². The molecule has 0 atom stereocenters. The quantitative estimate of drug-likeness (QED) is 0.401.